The third-order valence-electron chi connectivity index (χ3n) is 4.68. The molecular weight excluding hydrogens is 352 g/mol. The Labute approximate surface area is 164 Å². The lowest BCUT2D eigenvalue weighted by atomic mass is 9.96. The van der Waals surface area contributed by atoms with Crippen molar-refractivity contribution in [3.8, 4) is 5.75 Å². The van der Waals surface area contributed by atoms with Crippen LogP contribution in [0.5, 0.6) is 5.75 Å². The Kier molecular flexibility index (Phi) is 4.66. The van der Waals surface area contributed by atoms with Gasteiger partial charge in [-0.1, -0.05) is 26.8 Å². The number of aromatic amines is 1. The maximum Gasteiger partial charge on any atom is 0.178 e. The minimum atomic E-state index is -0.120. The number of anilines is 1. The predicted octanol–water partition coefficient (Wildman–Crippen LogP) is 3.96. The van der Waals surface area contributed by atoms with Crippen molar-refractivity contribution in [2.24, 2.45) is 0 Å². The van der Waals surface area contributed by atoms with Crippen LogP contribution in [0.1, 0.15) is 39.1 Å². The summed E-state index contributed by atoms with van der Waals surface area (Å²) in [4.78, 5) is 3.34. The predicted molar refractivity (Wildman–Crippen MR) is 111 cm³/mol. The van der Waals surface area contributed by atoms with Gasteiger partial charge in [-0.2, -0.15) is 4.52 Å². The number of hydrogen-bond donors (Lipinski definition) is 2. The van der Waals surface area contributed by atoms with Gasteiger partial charge < -0.3 is 15.0 Å². The smallest absolute Gasteiger partial charge is 0.178 e. The van der Waals surface area contributed by atoms with Gasteiger partial charge in [0.25, 0.3) is 0 Å². The van der Waals surface area contributed by atoms with Gasteiger partial charge in [-0.15, -0.1) is 15.3 Å². The fourth-order valence-electron chi connectivity index (χ4n) is 3.37. The first-order valence-corrected chi connectivity index (χ1v) is 9.66. The van der Waals surface area contributed by atoms with E-state index in [0.29, 0.717) is 6.61 Å². The van der Waals surface area contributed by atoms with Crippen LogP contribution in [0.25, 0.3) is 16.6 Å². The maximum atomic E-state index is 5.80. The normalized spacial score (nSPS) is 12.0. The fourth-order valence-corrected chi connectivity index (χ4v) is 3.37. The van der Waals surface area contributed by atoms with E-state index >= 15 is 0 Å². The molecule has 0 radical (unpaired) electrons. The van der Waals surface area contributed by atoms with Gasteiger partial charge in [-0.25, -0.2) is 0 Å². The molecule has 2 N–H and O–H groups in total. The molecular formula is C21H26N6O. The van der Waals surface area contributed by atoms with Crippen LogP contribution >= 0.6 is 0 Å². The number of rotatable bonds is 6. The van der Waals surface area contributed by atoms with Crippen LogP contribution in [0.4, 0.5) is 5.82 Å². The molecule has 4 aromatic rings. The van der Waals surface area contributed by atoms with Crippen LogP contribution in [0, 0.1) is 0 Å². The van der Waals surface area contributed by atoms with Gasteiger partial charge in [-0.3, -0.25) is 0 Å². The van der Waals surface area contributed by atoms with E-state index < -0.39 is 0 Å². The lowest BCUT2D eigenvalue weighted by Gasteiger charge is -2.15. The van der Waals surface area contributed by atoms with Crippen molar-refractivity contribution in [3.05, 3.63) is 47.9 Å². The molecule has 0 amide bonds. The van der Waals surface area contributed by atoms with Gasteiger partial charge in [0.1, 0.15) is 11.6 Å². The minimum absolute atomic E-state index is 0.120. The minimum Gasteiger partial charge on any atom is -0.493 e. The molecule has 0 atom stereocenters. The summed E-state index contributed by atoms with van der Waals surface area (Å²) in [6.45, 7) is 9.75. The summed E-state index contributed by atoms with van der Waals surface area (Å²) in [6.07, 6.45) is 2.92. The van der Waals surface area contributed by atoms with E-state index in [2.05, 4.69) is 58.6 Å². The molecule has 146 valence electrons. The van der Waals surface area contributed by atoms with Crippen molar-refractivity contribution in [2.45, 2.75) is 39.5 Å². The molecule has 1 aromatic carbocycles. The standard InChI is InChI=1S/C21H26N6O/c1-5-28-16-8-6-7-15-19(16)14(13-23-15)11-12-22-17-9-10-18-24-25-20(21(2,3)4)27(18)26-17/h6-10,13,23H,5,11-12H2,1-4H3,(H,22,26). The zero-order chi connectivity index (χ0) is 19.7. The first-order chi connectivity index (χ1) is 13.5. The van der Waals surface area contributed by atoms with E-state index in [4.69, 9.17) is 4.74 Å². The summed E-state index contributed by atoms with van der Waals surface area (Å²) < 4.78 is 7.62. The molecule has 3 aromatic heterocycles. The first-order valence-electron chi connectivity index (χ1n) is 9.66. The number of nitrogens with one attached hydrogen (secondary N) is 2. The molecule has 0 aliphatic heterocycles. The van der Waals surface area contributed by atoms with Crippen molar-refractivity contribution < 1.29 is 4.74 Å². The summed E-state index contributed by atoms with van der Waals surface area (Å²) in [5.74, 6) is 2.59. The Hall–Kier alpha value is -3.09. The summed E-state index contributed by atoms with van der Waals surface area (Å²) in [5, 5.41) is 17.8. The third kappa shape index (κ3) is 3.40. The van der Waals surface area contributed by atoms with Crippen molar-refractivity contribution >= 4 is 22.4 Å². The van der Waals surface area contributed by atoms with E-state index in [-0.39, 0.29) is 5.41 Å². The lowest BCUT2D eigenvalue weighted by Crippen LogP contribution is -2.18. The zero-order valence-electron chi connectivity index (χ0n) is 16.8. The van der Waals surface area contributed by atoms with Crippen LogP contribution in [-0.4, -0.2) is 37.9 Å². The van der Waals surface area contributed by atoms with E-state index in [1.54, 1.807) is 0 Å². The molecule has 7 nitrogen and oxygen atoms in total. The van der Waals surface area contributed by atoms with E-state index in [9.17, 15) is 0 Å². The molecule has 0 fully saturated rings. The summed E-state index contributed by atoms with van der Waals surface area (Å²) in [7, 11) is 0. The molecule has 7 heteroatoms. The van der Waals surface area contributed by atoms with Crippen molar-refractivity contribution in [1.29, 1.82) is 0 Å². The molecule has 4 rings (SSSR count). The maximum absolute atomic E-state index is 5.80. The molecule has 0 bridgehead atoms. The summed E-state index contributed by atoms with van der Waals surface area (Å²) >= 11 is 0. The molecule has 0 spiro atoms. The van der Waals surface area contributed by atoms with Gasteiger partial charge >= 0.3 is 0 Å². The third-order valence-corrected chi connectivity index (χ3v) is 4.68. The number of fused-ring (bicyclic) bond motifs is 2. The Bertz CT molecular complexity index is 1110. The highest BCUT2D eigenvalue weighted by molar-refractivity contribution is 5.89. The molecule has 0 saturated carbocycles. The Morgan fingerprint density at radius 1 is 1.14 bits per heavy atom. The summed E-state index contributed by atoms with van der Waals surface area (Å²) in [6, 6.07) is 9.99. The van der Waals surface area contributed by atoms with Crippen LogP contribution in [0.2, 0.25) is 0 Å². The SMILES string of the molecule is CCOc1cccc2[nH]cc(CCNc3ccc4nnc(C(C)(C)C)n4n3)c12. The number of nitrogens with zero attached hydrogens (tertiary/aromatic N) is 4. The zero-order valence-corrected chi connectivity index (χ0v) is 16.8. The molecule has 0 aliphatic rings. The molecule has 3 heterocycles. The lowest BCUT2D eigenvalue weighted by molar-refractivity contribution is 0.344. The van der Waals surface area contributed by atoms with E-state index in [1.165, 1.54) is 5.56 Å². The second-order valence-corrected chi connectivity index (χ2v) is 7.86. The number of ether oxygens (including phenoxy) is 1. The largest absolute Gasteiger partial charge is 0.493 e. The van der Waals surface area contributed by atoms with E-state index in [0.717, 1.165) is 46.9 Å². The quantitative estimate of drug-likeness (QED) is 0.531. The molecule has 28 heavy (non-hydrogen) atoms. The number of benzene rings is 1. The number of hydrogen-bond acceptors (Lipinski definition) is 5. The second-order valence-electron chi connectivity index (χ2n) is 7.86. The average Bonchev–Trinajstić information content (AvgIpc) is 3.26. The monoisotopic (exact) mass is 378 g/mol. The Morgan fingerprint density at radius 2 is 2.00 bits per heavy atom. The highest BCUT2D eigenvalue weighted by atomic mass is 16.5. The van der Waals surface area contributed by atoms with Crippen LogP contribution in [0.15, 0.2) is 36.5 Å². The van der Waals surface area contributed by atoms with Crippen LogP contribution < -0.4 is 10.1 Å². The van der Waals surface area contributed by atoms with Gasteiger partial charge in [-0.05, 0) is 43.2 Å². The highest BCUT2D eigenvalue weighted by Gasteiger charge is 2.21. The average molecular weight is 378 g/mol. The molecule has 0 unspecified atom stereocenters. The topological polar surface area (TPSA) is 80.1 Å². The Balaban J connectivity index is 1.52. The molecule has 0 aliphatic carbocycles. The van der Waals surface area contributed by atoms with Gasteiger partial charge in [0, 0.05) is 29.1 Å². The summed E-state index contributed by atoms with van der Waals surface area (Å²) in [5.41, 5.74) is 2.96. The van der Waals surface area contributed by atoms with E-state index in [1.807, 2.05) is 35.7 Å². The van der Waals surface area contributed by atoms with Gasteiger partial charge in [0.2, 0.25) is 0 Å². The second kappa shape index (κ2) is 7.14. The Morgan fingerprint density at radius 3 is 2.79 bits per heavy atom. The van der Waals surface area contributed by atoms with Gasteiger partial charge in [0.15, 0.2) is 11.5 Å². The fraction of sp³-hybridized carbons (Fsp3) is 0.381. The van der Waals surface area contributed by atoms with Crippen molar-refractivity contribution in [2.75, 3.05) is 18.5 Å². The number of aromatic nitrogens is 5. The van der Waals surface area contributed by atoms with Crippen molar-refractivity contribution in [3.63, 3.8) is 0 Å². The van der Waals surface area contributed by atoms with Crippen LogP contribution in [-0.2, 0) is 11.8 Å². The van der Waals surface area contributed by atoms with Crippen molar-refractivity contribution in [1.82, 2.24) is 24.8 Å². The van der Waals surface area contributed by atoms with Gasteiger partial charge in [0.05, 0.1) is 6.61 Å². The highest BCUT2D eigenvalue weighted by Crippen LogP contribution is 2.29. The molecule has 0 saturated heterocycles. The van der Waals surface area contributed by atoms with Crippen LogP contribution in [0.3, 0.4) is 0 Å². The first kappa shape index (κ1) is 18.3. The number of H-pyrrole nitrogens is 1.